The van der Waals surface area contributed by atoms with E-state index in [2.05, 4.69) is 22.2 Å². The smallest absolute Gasteiger partial charge is 0.222 e. The molecule has 1 aromatic rings. The molecule has 1 N–H and O–H groups in total. The third-order valence-electron chi connectivity index (χ3n) is 2.25. The minimum Gasteiger partial charge on any atom is -0.494 e. The second kappa shape index (κ2) is 8.75. The largest absolute Gasteiger partial charge is 0.494 e. The Hall–Kier alpha value is -1.36. The number of aromatic nitrogens is 2. The molecule has 1 aromatic heterocycles. The number of hydrogen-bond acceptors (Lipinski definition) is 5. The number of rotatable bonds is 9. The number of nitrogens with zero attached hydrogens (tertiary/aromatic N) is 2. The van der Waals surface area contributed by atoms with E-state index >= 15 is 0 Å². The van der Waals surface area contributed by atoms with Gasteiger partial charge in [-0.2, -0.15) is 0 Å². The highest BCUT2D eigenvalue weighted by Gasteiger charge is 1.96. The summed E-state index contributed by atoms with van der Waals surface area (Å²) in [6.45, 7) is 4.61. The lowest BCUT2D eigenvalue weighted by Crippen LogP contribution is -2.08. The first kappa shape index (κ1) is 13.7. The minimum atomic E-state index is 0.624. The Labute approximate surface area is 103 Å². The normalized spacial score (nSPS) is 10.2. The molecule has 0 radical (unpaired) electrons. The van der Waals surface area contributed by atoms with Crippen LogP contribution in [0.5, 0.6) is 5.75 Å². The topological polar surface area (TPSA) is 56.3 Å². The van der Waals surface area contributed by atoms with Crippen LogP contribution < -0.4 is 10.1 Å². The fourth-order valence-electron chi connectivity index (χ4n) is 1.24. The number of ether oxygens (including phenoxy) is 2. The van der Waals surface area contributed by atoms with Crippen molar-refractivity contribution in [3.63, 3.8) is 0 Å². The molecule has 17 heavy (non-hydrogen) atoms. The molecule has 0 aromatic carbocycles. The molecule has 0 unspecified atom stereocenters. The van der Waals surface area contributed by atoms with E-state index in [1.807, 2.05) is 0 Å². The fraction of sp³-hybridized carbons (Fsp3) is 0.667. The molecule has 0 bridgehead atoms. The number of methoxy groups -OCH3 is 1. The van der Waals surface area contributed by atoms with Gasteiger partial charge in [-0.1, -0.05) is 13.3 Å². The van der Waals surface area contributed by atoms with E-state index < -0.39 is 0 Å². The second-order valence-corrected chi connectivity index (χ2v) is 3.69. The van der Waals surface area contributed by atoms with Crippen LogP contribution in [0.2, 0.25) is 0 Å². The van der Waals surface area contributed by atoms with Crippen LogP contribution in [0.15, 0.2) is 12.4 Å². The Morgan fingerprint density at radius 3 is 2.53 bits per heavy atom. The van der Waals surface area contributed by atoms with Gasteiger partial charge in [-0.25, -0.2) is 9.97 Å². The highest BCUT2D eigenvalue weighted by molar-refractivity contribution is 5.26. The first-order chi connectivity index (χ1) is 8.36. The van der Waals surface area contributed by atoms with Crippen LogP contribution in [0.4, 0.5) is 5.95 Å². The van der Waals surface area contributed by atoms with Crippen molar-refractivity contribution < 1.29 is 9.47 Å². The van der Waals surface area contributed by atoms with Crippen molar-refractivity contribution in [3.8, 4) is 5.75 Å². The molecule has 0 amide bonds. The predicted molar refractivity (Wildman–Crippen MR) is 67.4 cm³/mol. The molecule has 0 spiro atoms. The van der Waals surface area contributed by atoms with Crippen molar-refractivity contribution in [1.29, 1.82) is 0 Å². The third-order valence-corrected chi connectivity index (χ3v) is 2.25. The Bertz CT molecular complexity index is 290. The SMILES string of the molecule is CCCCOCCCNc1ncc(OC)cn1. The maximum Gasteiger partial charge on any atom is 0.222 e. The molecule has 1 heterocycles. The Balaban J connectivity index is 2.05. The molecule has 1 rings (SSSR count). The zero-order chi connectivity index (χ0) is 12.3. The molecule has 0 aliphatic rings. The summed E-state index contributed by atoms with van der Waals surface area (Å²) in [6, 6.07) is 0. The lowest BCUT2D eigenvalue weighted by molar-refractivity contribution is 0.131. The van der Waals surface area contributed by atoms with Gasteiger partial charge in [0.25, 0.3) is 0 Å². The molecule has 96 valence electrons. The summed E-state index contributed by atoms with van der Waals surface area (Å²) in [5, 5.41) is 3.13. The van der Waals surface area contributed by atoms with Crippen LogP contribution in [0, 0.1) is 0 Å². The van der Waals surface area contributed by atoms with Crippen molar-refractivity contribution in [2.45, 2.75) is 26.2 Å². The maximum atomic E-state index is 5.45. The van der Waals surface area contributed by atoms with E-state index in [0.29, 0.717) is 11.7 Å². The summed E-state index contributed by atoms with van der Waals surface area (Å²) in [5.41, 5.74) is 0. The quantitative estimate of drug-likeness (QED) is 0.669. The molecule has 0 aliphatic carbocycles. The number of nitrogens with one attached hydrogen (secondary N) is 1. The highest BCUT2D eigenvalue weighted by Crippen LogP contribution is 2.06. The number of anilines is 1. The van der Waals surface area contributed by atoms with Gasteiger partial charge in [0, 0.05) is 19.8 Å². The average Bonchev–Trinajstić information content (AvgIpc) is 2.38. The van der Waals surface area contributed by atoms with Crippen LogP contribution in [0.25, 0.3) is 0 Å². The van der Waals surface area contributed by atoms with E-state index in [9.17, 15) is 0 Å². The van der Waals surface area contributed by atoms with Crippen molar-refractivity contribution in [2.75, 3.05) is 32.2 Å². The van der Waals surface area contributed by atoms with E-state index in [1.54, 1.807) is 19.5 Å². The van der Waals surface area contributed by atoms with Crippen LogP contribution in [-0.4, -0.2) is 36.8 Å². The van der Waals surface area contributed by atoms with E-state index in [4.69, 9.17) is 9.47 Å². The molecule has 0 saturated heterocycles. The Morgan fingerprint density at radius 1 is 1.18 bits per heavy atom. The van der Waals surface area contributed by atoms with Gasteiger partial charge >= 0.3 is 0 Å². The van der Waals surface area contributed by atoms with Gasteiger partial charge in [0.2, 0.25) is 5.95 Å². The second-order valence-electron chi connectivity index (χ2n) is 3.69. The van der Waals surface area contributed by atoms with Gasteiger partial charge in [0.15, 0.2) is 5.75 Å². The van der Waals surface area contributed by atoms with E-state index in [-0.39, 0.29) is 0 Å². The molecule has 0 fully saturated rings. The standard InChI is InChI=1S/C12H21N3O2/c1-3-4-7-17-8-5-6-13-12-14-9-11(16-2)10-15-12/h9-10H,3-8H2,1-2H3,(H,13,14,15). The van der Waals surface area contributed by atoms with Crippen molar-refractivity contribution in [3.05, 3.63) is 12.4 Å². The summed E-state index contributed by atoms with van der Waals surface area (Å²) >= 11 is 0. The lowest BCUT2D eigenvalue weighted by Gasteiger charge is -2.05. The fourth-order valence-corrected chi connectivity index (χ4v) is 1.24. The summed E-state index contributed by atoms with van der Waals surface area (Å²) in [6.07, 6.45) is 6.56. The highest BCUT2D eigenvalue weighted by atomic mass is 16.5. The average molecular weight is 239 g/mol. The van der Waals surface area contributed by atoms with E-state index in [0.717, 1.165) is 32.6 Å². The number of unbranched alkanes of at least 4 members (excludes halogenated alkanes) is 1. The van der Waals surface area contributed by atoms with Gasteiger partial charge in [0.1, 0.15) is 0 Å². The molecular weight excluding hydrogens is 218 g/mol. The molecule has 5 heteroatoms. The van der Waals surface area contributed by atoms with Crippen molar-refractivity contribution >= 4 is 5.95 Å². The van der Waals surface area contributed by atoms with Gasteiger partial charge in [-0.15, -0.1) is 0 Å². The van der Waals surface area contributed by atoms with Gasteiger partial charge in [-0.05, 0) is 12.8 Å². The first-order valence-electron chi connectivity index (χ1n) is 6.04. The third kappa shape index (κ3) is 6.06. The molecule has 0 atom stereocenters. The van der Waals surface area contributed by atoms with Crippen LogP contribution in [0.1, 0.15) is 26.2 Å². The maximum absolute atomic E-state index is 5.45. The monoisotopic (exact) mass is 239 g/mol. The van der Waals surface area contributed by atoms with Crippen molar-refractivity contribution in [2.24, 2.45) is 0 Å². The predicted octanol–water partition coefficient (Wildman–Crippen LogP) is 2.10. The van der Waals surface area contributed by atoms with Gasteiger partial charge in [-0.3, -0.25) is 0 Å². The van der Waals surface area contributed by atoms with Crippen LogP contribution in [-0.2, 0) is 4.74 Å². The summed E-state index contributed by atoms with van der Waals surface area (Å²) < 4.78 is 10.4. The van der Waals surface area contributed by atoms with E-state index in [1.165, 1.54) is 6.42 Å². The molecule has 0 aliphatic heterocycles. The summed E-state index contributed by atoms with van der Waals surface area (Å²) in [5.74, 6) is 1.29. The van der Waals surface area contributed by atoms with Gasteiger partial charge < -0.3 is 14.8 Å². The molecule has 5 nitrogen and oxygen atoms in total. The van der Waals surface area contributed by atoms with Crippen LogP contribution in [0.3, 0.4) is 0 Å². The molecule has 0 saturated carbocycles. The summed E-state index contributed by atoms with van der Waals surface area (Å²) in [7, 11) is 1.60. The number of hydrogen-bond donors (Lipinski definition) is 1. The Morgan fingerprint density at radius 2 is 1.88 bits per heavy atom. The van der Waals surface area contributed by atoms with Crippen molar-refractivity contribution in [1.82, 2.24) is 9.97 Å². The van der Waals surface area contributed by atoms with Crippen LogP contribution >= 0.6 is 0 Å². The zero-order valence-corrected chi connectivity index (χ0v) is 10.6. The summed E-state index contributed by atoms with van der Waals surface area (Å²) in [4.78, 5) is 8.22. The first-order valence-corrected chi connectivity index (χ1v) is 6.04. The lowest BCUT2D eigenvalue weighted by atomic mass is 10.4. The molecular formula is C12H21N3O2. The van der Waals surface area contributed by atoms with Gasteiger partial charge in [0.05, 0.1) is 19.5 Å². The zero-order valence-electron chi connectivity index (χ0n) is 10.6. The minimum absolute atomic E-state index is 0.624. The Kier molecular flexibility index (Phi) is 7.06.